The molecule has 0 saturated carbocycles. The van der Waals surface area contributed by atoms with Gasteiger partial charge in [-0.1, -0.05) is 29.8 Å². The molecule has 0 unspecified atom stereocenters. The highest BCUT2D eigenvalue weighted by Crippen LogP contribution is 2.21. The number of aliphatic carboxylic acids is 1. The molecule has 4 heteroatoms. The van der Waals surface area contributed by atoms with Gasteiger partial charge in [0.25, 0.3) is 0 Å². The van der Waals surface area contributed by atoms with Gasteiger partial charge in [0, 0.05) is 17.5 Å². The van der Waals surface area contributed by atoms with Crippen molar-refractivity contribution in [3.8, 4) is 0 Å². The van der Waals surface area contributed by atoms with Crippen LogP contribution in [0.3, 0.4) is 0 Å². The fourth-order valence-corrected chi connectivity index (χ4v) is 1.75. The van der Waals surface area contributed by atoms with Crippen molar-refractivity contribution in [3.63, 3.8) is 0 Å². The molecular weight excluding hydrogens is 226 g/mol. The molecule has 3 nitrogen and oxygen atoms in total. The number of fused-ring (bicyclic) bond motifs is 1. The van der Waals surface area contributed by atoms with Gasteiger partial charge in [0.2, 0.25) is 0 Å². The summed E-state index contributed by atoms with van der Waals surface area (Å²) in [6.45, 7) is 0. The van der Waals surface area contributed by atoms with E-state index in [0.717, 1.165) is 16.6 Å². The van der Waals surface area contributed by atoms with Gasteiger partial charge in [0.05, 0.1) is 17.0 Å². The Bertz CT molecular complexity index is 540. The van der Waals surface area contributed by atoms with Gasteiger partial charge in [0.15, 0.2) is 0 Å². The molecular formula is C12H10ClNO2. The Morgan fingerprint density at radius 3 is 2.88 bits per heavy atom. The molecule has 1 heterocycles. The van der Waals surface area contributed by atoms with Crippen molar-refractivity contribution in [1.29, 1.82) is 0 Å². The van der Waals surface area contributed by atoms with Gasteiger partial charge in [-0.15, -0.1) is 0 Å². The Morgan fingerprint density at radius 1 is 1.31 bits per heavy atom. The van der Waals surface area contributed by atoms with Crippen molar-refractivity contribution in [2.24, 2.45) is 0 Å². The molecule has 0 aliphatic heterocycles. The summed E-state index contributed by atoms with van der Waals surface area (Å²) in [7, 11) is 0. The van der Waals surface area contributed by atoms with Crippen LogP contribution < -0.4 is 0 Å². The lowest BCUT2D eigenvalue weighted by Gasteiger charge is -2.02. The number of carbonyl (C=O) groups is 1. The van der Waals surface area contributed by atoms with Gasteiger partial charge < -0.3 is 5.11 Å². The molecule has 1 aromatic heterocycles. The fraction of sp³-hybridized carbons (Fsp3) is 0.167. The Kier molecular flexibility index (Phi) is 3.06. The molecule has 16 heavy (non-hydrogen) atoms. The monoisotopic (exact) mass is 235 g/mol. The second kappa shape index (κ2) is 4.49. The number of para-hydroxylation sites is 1. The summed E-state index contributed by atoms with van der Waals surface area (Å²) in [6.07, 6.45) is 0.513. The van der Waals surface area contributed by atoms with Gasteiger partial charge in [-0.05, 0) is 12.1 Å². The average Bonchev–Trinajstić information content (AvgIpc) is 2.27. The summed E-state index contributed by atoms with van der Waals surface area (Å²) >= 11 is 6.01. The molecule has 0 atom stereocenters. The number of aromatic nitrogens is 1. The van der Waals surface area contributed by atoms with Crippen LogP contribution in [0, 0.1) is 0 Å². The van der Waals surface area contributed by atoms with E-state index in [4.69, 9.17) is 16.7 Å². The van der Waals surface area contributed by atoms with Crippen LogP contribution in [0.4, 0.5) is 0 Å². The molecule has 0 bridgehead atoms. The van der Waals surface area contributed by atoms with Crippen molar-refractivity contribution in [2.75, 3.05) is 0 Å². The van der Waals surface area contributed by atoms with Gasteiger partial charge in [0.1, 0.15) is 0 Å². The van der Waals surface area contributed by atoms with Gasteiger partial charge in [-0.3, -0.25) is 9.78 Å². The maximum Gasteiger partial charge on any atom is 0.303 e. The third-order valence-electron chi connectivity index (χ3n) is 2.32. The van der Waals surface area contributed by atoms with Crippen LogP contribution in [-0.4, -0.2) is 16.1 Å². The Morgan fingerprint density at radius 2 is 2.12 bits per heavy atom. The predicted molar refractivity (Wildman–Crippen MR) is 62.7 cm³/mol. The molecule has 0 aliphatic carbocycles. The normalized spacial score (nSPS) is 10.6. The van der Waals surface area contributed by atoms with Crippen LogP contribution in [0.15, 0.2) is 30.3 Å². The summed E-state index contributed by atoms with van der Waals surface area (Å²) in [5, 5.41) is 10.1. The second-order valence-corrected chi connectivity index (χ2v) is 3.92. The lowest BCUT2D eigenvalue weighted by molar-refractivity contribution is -0.136. The van der Waals surface area contributed by atoms with Gasteiger partial charge in [-0.25, -0.2) is 0 Å². The molecule has 0 amide bonds. The van der Waals surface area contributed by atoms with E-state index in [1.54, 1.807) is 6.07 Å². The zero-order chi connectivity index (χ0) is 11.5. The third-order valence-corrected chi connectivity index (χ3v) is 2.63. The number of rotatable bonds is 3. The van der Waals surface area contributed by atoms with Crippen molar-refractivity contribution >= 4 is 28.5 Å². The first-order valence-electron chi connectivity index (χ1n) is 4.93. The number of pyridine rings is 1. The Hall–Kier alpha value is -1.61. The average molecular weight is 236 g/mol. The van der Waals surface area contributed by atoms with Crippen molar-refractivity contribution in [2.45, 2.75) is 12.8 Å². The lowest BCUT2D eigenvalue weighted by Crippen LogP contribution is -1.99. The van der Waals surface area contributed by atoms with E-state index in [-0.39, 0.29) is 6.42 Å². The summed E-state index contributed by atoms with van der Waals surface area (Å²) in [5.74, 6) is -0.818. The van der Waals surface area contributed by atoms with Crippen LogP contribution in [0.1, 0.15) is 12.1 Å². The summed E-state index contributed by atoms with van der Waals surface area (Å²) < 4.78 is 0. The minimum absolute atomic E-state index is 0.0863. The molecule has 0 spiro atoms. The van der Waals surface area contributed by atoms with E-state index in [2.05, 4.69) is 4.98 Å². The first-order valence-corrected chi connectivity index (χ1v) is 5.30. The van der Waals surface area contributed by atoms with Crippen LogP contribution in [0.5, 0.6) is 0 Å². The number of halogens is 1. The summed E-state index contributed by atoms with van der Waals surface area (Å²) in [6, 6.07) is 9.31. The second-order valence-electron chi connectivity index (χ2n) is 3.51. The number of carboxylic acid groups (broad SMARTS) is 1. The highest BCUT2D eigenvalue weighted by atomic mass is 35.5. The van der Waals surface area contributed by atoms with Crippen molar-refractivity contribution < 1.29 is 9.90 Å². The van der Waals surface area contributed by atoms with E-state index >= 15 is 0 Å². The third kappa shape index (κ3) is 2.31. The number of hydrogen-bond acceptors (Lipinski definition) is 2. The molecule has 1 aromatic carbocycles. The summed E-state index contributed by atoms with van der Waals surface area (Å²) in [4.78, 5) is 14.8. The molecule has 82 valence electrons. The Balaban J connectivity index is 2.35. The number of benzene rings is 1. The maximum atomic E-state index is 10.4. The zero-order valence-corrected chi connectivity index (χ0v) is 9.24. The largest absolute Gasteiger partial charge is 0.481 e. The summed E-state index contributed by atoms with van der Waals surface area (Å²) in [5.41, 5.74) is 1.48. The minimum Gasteiger partial charge on any atom is -0.481 e. The fourth-order valence-electron chi connectivity index (χ4n) is 1.53. The van der Waals surface area contributed by atoms with Crippen LogP contribution >= 0.6 is 11.6 Å². The Labute approximate surface area is 97.7 Å². The lowest BCUT2D eigenvalue weighted by atomic mass is 10.1. The molecule has 2 aromatic rings. The number of hydrogen-bond donors (Lipinski definition) is 1. The highest BCUT2D eigenvalue weighted by molar-refractivity contribution is 6.35. The predicted octanol–water partition coefficient (Wildman–Crippen LogP) is 2.91. The molecule has 0 radical (unpaired) electrons. The van der Waals surface area contributed by atoms with E-state index in [0.29, 0.717) is 11.4 Å². The maximum absolute atomic E-state index is 10.4. The standard InChI is InChI=1S/C12H10ClNO2/c13-10-3-1-2-8-4-5-9(14-12(8)10)6-7-11(15)16/h1-5H,6-7H2,(H,15,16). The van der Waals surface area contributed by atoms with E-state index < -0.39 is 5.97 Å². The highest BCUT2D eigenvalue weighted by Gasteiger charge is 2.04. The van der Waals surface area contributed by atoms with Crippen molar-refractivity contribution in [3.05, 3.63) is 41.0 Å². The quantitative estimate of drug-likeness (QED) is 0.890. The van der Waals surface area contributed by atoms with E-state index in [9.17, 15) is 4.79 Å². The zero-order valence-electron chi connectivity index (χ0n) is 8.48. The first-order chi connectivity index (χ1) is 7.66. The SMILES string of the molecule is O=C(O)CCc1ccc2cccc(Cl)c2n1. The first kappa shape index (κ1) is 10.9. The molecule has 2 rings (SSSR count). The molecule has 0 fully saturated rings. The van der Waals surface area contributed by atoms with Crippen LogP contribution in [0.25, 0.3) is 10.9 Å². The molecule has 0 aliphatic rings. The van der Waals surface area contributed by atoms with Gasteiger partial charge >= 0.3 is 5.97 Å². The topological polar surface area (TPSA) is 50.2 Å². The molecule has 0 saturated heterocycles. The van der Waals surface area contributed by atoms with E-state index in [1.165, 1.54) is 0 Å². The smallest absolute Gasteiger partial charge is 0.303 e. The molecule has 1 N–H and O–H groups in total. The van der Waals surface area contributed by atoms with Crippen molar-refractivity contribution in [1.82, 2.24) is 4.98 Å². The van der Waals surface area contributed by atoms with Crippen LogP contribution in [0.2, 0.25) is 5.02 Å². The van der Waals surface area contributed by atoms with Gasteiger partial charge in [-0.2, -0.15) is 0 Å². The number of aryl methyl sites for hydroxylation is 1. The van der Waals surface area contributed by atoms with Crippen LogP contribution in [-0.2, 0) is 11.2 Å². The minimum atomic E-state index is -0.818. The number of nitrogens with zero attached hydrogens (tertiary/aromatic N) is 1. The number of carboxylic acids is 1. The van der Waals surface area contributed by atoms with E-state index in [1.807, 2.05) is 24.3 Å².